The minimum atomic E-state index is -1.58. The van der Waals surface area contributed by atoms with Gasteiger partial charge < -0.3 is 0 Å². The summed E-state index contributed by atoms with van der Waals surface area (Å²) in [6.45, 7) is 0. The second-order valence-corrected chi connectivity index (χ2v) is 4.91. The third kappa shape index (κ3) is 2.47. The third-order valence-electron chi connectivity index (χ3n) is 3.56. The SMILES string of the molecule is N#Cc1c(-c2ccccc2)c(F)c(F)c(F)c1-c1ccccc1. The lowest BCUT2D eigenvalue weighted by Crippen LogP contribution is -2.03. The predicted octanol–water partition coefficient (Wildman–Crippen LogP) is 5.31. The zero-order chi connectivity index (χ0) is 16.4. The number of halogens is 3. The van der Waals surface area contributed by atoms with Gasteiger partial charge in [0.2, 0.25) is 0 Å². The Morgan fingerprint density at radius 1 is 0.609 bits per heavy atom. The van der Waals surface area contributed by atoms with Crippen LogP contribution in [0.3, 0.4) is 0 Å². The standard InChI is InChI=1S/C19H10F3N/c20-17-15(12-7-3-1-4-8-12)14(11-23)16(18(21)19(17)22)13-9-5-2-6-10-13/h1-10H. The largest absolute Gasteiger partial charge is 0.203 e. The molecule has 0 N–H and O–H groups in total. The van der Waals surface area contributed by atoms with Gasteiger partial charge in [-0.1, -0.05) is 60.7 Å². The molecule has 3 aromatic rings. The number of benzene rings is 3. The molecule has 23 heavy (non-hydrogen) atoms. The van der Waals surface area contributed by atoms with E-state index in [1.54, 1.807) is 60.7 Å². The fraction of sp³-hybridized carbons (Fsp3) is 0. The van der Waals surface area contributed by atoms with Crippen molar-refractivity contribution in [3.8, 4) is 28.3 Å². The van der Waals surface area contributed by atoms with Crippen molar-refractivity contribution in [2.75, 3.05) is 0 Å². The molecule has 3 aromatic carbocycles. The van der Waals surface area contributed by atoms with Crippen molar-refractivity contribution in [2.24, 2.45) is 0 Å². The van der Waals surface area contributed by atoms with Crippen molar-refractivity contribution in [3.05, 3.63) is 83.7 Å². The highest BCUT2D eigenvalue weighted by atomic mass is 19.2. The molecule has 0 aliphatic rings. The average molecular weight is 309 g/mol. The van der Waals surface area contributed by atoms with Crippen molar-refractivity contribution >= 4 is 0 Å². The molecule has 0 saturated heterocycles. The fourth-order valence-corrected chi connectivity index (χ4v) is 2.52. The molecule has 0 aromatic heterocycles. The minimum absolute atomic E-state index is 0.223. The van der Waals surface area contributed by atoms with E-state index < -0.39 is 17.5 Å². The first-order valence-electron chi connectivity index (χ1n) is 6.86. The van der Waals surface area contributed by atoms with Gasteiger partial charge in [0.15, 0.2) is 17.5 Å². The van der Waals surface area contributed by atoms with E-state index in [1.807, 2.05) is 6.07 Å². The van der Waals surface area contributed by atoms with E-state index in [-0.39, 0.29) is 16.7 Å². The summed E-state index contributed by atoms with van der Waals surface area (Å²) in [6.07, 6.45) is 0. The molecule has 0 spiro atoms. The molecule has 0 amide bonds. The molecular weight excluding hydrogens is 299 g/mol. The topological polar surface area (TPSA) is 23.8 Å². The van der Waals surface area contributed by atoms with Crippen LogP contribution in [0, 0.1) is 28.8 Å². The Morgan fingerprint density at radius 2 is 1.00 bits per heavy atom. The molecule has 0 aliphatic carbocycles. The Hall–Kier alpha value is -3.06. The molecule has 0 atom stereocenters. The molecule has 0 saturated carbocycles. The third-order valence-corrected chi connectivity index (χ3v) is 3.56. The molecule has 0 heterocycles. The van der Waals surface area contributed by atoms with Gasteiger partial charge in [-0.3, -0.25) is 0 Å². The van der Waals surface area contributed by atoms with E-state index in [0.29, 0.717) is 11.1 Å². The first kappa shape index (κ1) is 14.9. The Kier molecular flexibility index (Phi) is 3.86. The zero-order valence-corrected chi connectivity index (χ0v) is 11.9. The van der Waals surface area contributed by atoms with Crippen LogP contribution in [-0.2, 0) is 0 Å². The lowest BCUT2D eigenvalue weighted by Gasteiger charge is -2.13. The zero-order valence-electron chi connectivity index (χ0n) is 11.9. The number of nitrogens with zero attached hydrogens (tertiary/aromatic N) is 1. The van der Waals surface area contributed by atoms with Crippen LogP contribution < -0.4 is 0 Å². The molecule has 0 bridgehead atoms. The summed E-state index contributed by atoms with van der Waals surface area (Å²) in [4.78, 5) is 0. The molecule has 112 valence electrons. The number of rotatable bonds is 2. The maximum atomic E-state index is 14.3. The Bertz CT molecular complexity index is 831. The van der Waals surface area contributed by atoms with Crippen LogP contribution in [0.2, 0.25) is 0 Å². The van der Waals surface area contributed by atoms with Gasteiger partial charge in [-0.25, -0.2) is 13.2 Å². The maximum Gasteiger partial charge on any atom is 0.195 e. The Morgan fingerprint density at radius 3 is 1.35 bits per heavy atom. The molecule has 0 fully saturated rings. The van der Waals surface area contributed by atoms with Crippen LogP contribution in [-0.4, -0.2) is 0 Å². The number of nitriles is 1. The van der Waals surface area contributed by atoms with Crippen LogP contribution in [0.25, 0.3) is 22.3 Å². The molecule has 0 unspecified atom stereocenters. The van der Waals surface area contributed by atoms with Gasteiger partial charge in [0.1, 0.15) is 6.07 Å². The average Bonchev–Trinajstić information content (AvgIpc) is 2.61. The Balaban J connectivity index is 2.43. The van der Waals surface area contributed by atoms with Gasteiger partial charge >= 0.3 is 0 Å². The van der Waals surface area contributed by atoms with Gasteiger partial charge in [-0.05, 0) is 11.1 Å². The maximum absolute atomic E-state index is 14.3. The van der Waals surface area contributed by atoms with E-state index >= 15 is 0 Å². The smallest absolute Gasteiger partial charge is 0.195 e. The van der Waals surface area contributed by atoms with Gasteiger partial charge in [0.25, 0.3) is 0 Å². The van der Waals surface area contributed by atoms with Crippen molar-refractivity contribution < 1.29 is 13.2 Å². The van der Waals surface area contributed by atoms with Gasteiger partial charge in [-0.15, -0.1) is 0 Å². The minimum Gasteiger partial charge on any atom is -0.203 e. The van der Waals surface area contributed by atoms with Gasteiger partial charge in [-0.2, -0.15) is 5.26 Å². The molecule has 0 aliphatic heterocycles. The van der Waals surface area contributed by atoms with Crippen LogP contribution in [0.1, 0.15) is 5.56 Å². The van der Waals surface area contributed by atoms with Crippen molar-refractivity contribution in [1.29, 1.82) is 5.26 Å². The quantitative estimate of drug-likeness (QED) is 0.589. The van der Waals surface area contributed by atoms with Crippen LogP contribution in [0.4, 0.5) is 13.2 Å². The van der Waals surface area contributed by atoms with Crippen molar-refractivity contribution in [1.82, 2.24) is 0 Å². The number of hydrogen-bond acceptors (Lipinski definition) is 1. The highest BCUT2D eigenvalue weighted by molar-refractivity contribution is 5.83. The van der Waals surface area contributed by atoms with Crippen molar-refractivity contribution in [2.45, 2.75) is 0 Å². The van der Waals surface area contributed by atoms with E-state index in [4.69, 9.17) is 0 Å². The fourth-order valence-electron chi connectivity index (χ4n) is 2.52. The lowest BCUT2D eigenvalue weighted by molar-refractivity contribution is 0.450. The summed E-state index contributed by atoms with van der Waals surface area (Å²) in [5, 5.41) is 9.46. The van der Waals surface area contributed by atoms with Crippen LogP contribution >= 0.6 is 0 Å². The van der Waals surface area contributed by atoms with Gasteiger partial charge in [0, 0.05) is 11.1 Å². The highest BCUT2D eigenvalue weighted by Crippen LogP contribution is 2.37. The monoisotopic (exact) mass is 309 g/mol. The van der Waals surface area contributed by atoms with E-state index in [0.717, 1.165) is 0 Å². The molecule has 1 nitrogen and oxygen atoms in total. The van der Waals surface area contributed by atoms with Crippen molar-refractivity contribution in [3.63, 3.8) is 0 Å². The highest BCUT2D eigenvalue weighted by Gasteiger charge is 2.26. The summed E-state index contributed by atoms with van der Waals surface area (Å²) in [5.41, 5.74) is -0.0502. The predicted molar refractivity (Wildman–Crippen MR) is 81.9 cm³/mol. The second-order valence-electron chi connectivity index (χ2n) is 4.91. The summed E-state index contributed by atoms with van der Waals surface area (Å²) in [6, 6.07) is 18.0. The normalized spacial score (nSPS) is 10.3. The van der Waals surface area contributed by atoms with E-state index in [2.05, 4.69) is 0 Å². The molecular formula is C19H10F3N. The van der Waals surface area contributed by atoms with E-state index in [1.165, 1.54) is 0 Å². The summed E-state index contributed by atoms with van der Waals surface area (Å²) < 4.78 is 42.7. The Labute approximate surface area is 131 Å². The first-order valence-corrected chi connectivity index (χ1v) is 6.86. The summed E-state index contributed by atoms with van der Waals surface area (Å²) >= 11 is 0. The lowest BCUT2D eigenvalue weighted by atomic mass is 9.91. The molecule has 3 rings (SSSR count). The number of hydrogen-bond donors (Lipinski definition) is 0. The first-order chi connectivity index (χ1) is 11.1. The van der Waals surface area contributed by atoms with Gasteiger partial charge in [0.05, 0.1) is 5.56 Å². The molecule has 4 heteroatoms. The summed E-state index contributed by atoms with van der Waals surface area (Å²) in [5.74, 6) is -4.29. The second kappa shape index (κ2) is 5.98. The molecule has 0 radical (unpaired) electrons. The summed E-state index contributed by atoms with van der Waals surface area (Å²) in [7, 11) is 0. The van der Waals surface area contributed by atoms with E-state index in [9.17, 15) is 18.4 Å². The van der Waals surface area contributed by atoms with Crippen LogP contribution in [0.5, 0.6) is 0 Å². The van der Waals surface area contributed by atoms with Crippen LogP contribution in [0.15, 0.2) is 60.7 Å².